The van der Waals surface area contributed by atoms with Gasteiger partial charge in [0.2, 0.25) is 10.0 Å². The van der Waals surface area contributed by atoms with E-state index < -0.39 is 16.0 Å². The van der Waals surface area contributed by atoms with E-state index in [2.05, 4.69) is 6.92 Å². The zero-order valence-corrected chi connectivity index (χ0v) is 16.8. The molecule has 2 aromatic rings. The second kappa shape index (κ2) is 9.21. The normalized spacial score (nSPS) is 14.8. The highest BCUT2D eigenvalue weighted by molar-refractivity contribution is 7.89. The van der Waals surface area contributed by atoms with Crippen molar-refractivity contribution in [3.05, 3.63) is 59.7 Å². The van der Waals surface area contributed by atoms with Crippen LogP contribution in [0.4, 0.5) is 0 Å². The van der Waals surface area contributed by atoms with E-state index in [1.54, 1.807) is 12.1 Å². The summed E-state index contributed by atoms with van der Waals surface area (Å²) < 4.78 is 37.5. The molecule has 1 aliphatic rings. The standard InChI is InChI=1S/C21H25NO5S/c1-2-17-7-5-9-19(15-17)26-13-14-27-21(23)18-8-6-10-20(16-18)28(24,25)22-11-3-4-12-22/h5-10,15-16H,2-4,11-14H2,1H3. The summed E-state index contributed by atoms with van der Waals surface area (Å²) >= 11 is 0. The molecule has 0 aliphatic carbocycles. The van der Waals surface area contributed by atoms with Crippen LogP contribution >= 0.6 is 0 Å². The third kappa shape index (κ3) is 4.91. The lowest BCUT2D eigenvalue weighted by atomic mass is 10.2. The SMILES string of the molecule is CCc1cccc(OCCOC(=O)c2cccc(S(=O)(=O)N3CCCC3)c2)c1. The minimum atomic E-state index is -3.56. The smallest absolute Gasteiger partial charge is 0.338 e. The van der Waals surface area contributed by atoms with Crippen LogP contribution in [0.15, 0.2) is 53.4 Å². The Morgan fingerprint density at radius 2 is 1.79 bits per heavy atom. The minimum Gasteiger partial charge on any atom is -0.490 e. The van der Waals surface area contributed by atoms with E-state index in [-0.39, 0.29) is 23.7 Å². The van der Waals surface area contributed by atoms with E-state index in [9.17, 15) is 13.2 Å². The zero-order chi connectivity index (χ0) is 20.0. The molecule has 0 N–H and O–H groups in total. The van der Waals surface area contributed by atoms with Crippen LogP contribution in [0.5, 0.6) is 5.75 Å². The lowest BCUT2D eigenvalue weighted by Gasteiger charge is -2.15. The second-order valence-corrected chi connectivity index (χ2v) is 8.56. The fourth-order valence-electron chi connectivity index (χ4n) is 3.09. The van der Waals surface area contributed by atoms with Crippen molar-refractivity contribution in [2.24, 2.45) is 0 Å². The molecule has 0 radical (unpaired) electrons. The quantitative estimate of drug-likeness (QED) is 0.500. The van der Waals surface area contributed by atoms with Gasteiger partial charge in [0.05, 0.1) is 10.5 Å². The van der Waals surface area contributed by atoms with Crippen LogP contribution in [0.1, 0.15) is 35.7 Å². The van der Waals surface area contributed by atoms with E-state index in [1.807, 2.05) is 24.3 Å². The summed E-state index contributed by atoms with van der Waals surface area (Å²) in [4.78, 5) is 12.4. The molecule has 1 saturated heterocycles. The molecule has 2 aromatic carbocycles. The van der Waals surface area contributed by atoms with Gasteiger partial charge in [-0.1, -0.05) is 25.1 Å². The summed E-state index contributed by atoms with van der Waals surface area (Å²) in [6.45, 7) is 3.42. The Kier molecular flexibility index (Phi) is 6.70. The third-order valence-electron chi connectivity index (χ3n) is 4.66. The van der Waals surface area contributed by atoms with Crippen LogP contribution < -0.4 is 4.74 Å². The van der Waals surface area contributed by atoms with Crippen molar-refractivity contribution in [1.29, 1.82) is 0 Å². The van der Waals surface area contributed by atoms with Crippen molar-refractivity contribution in [1.82, 2.24) is 4.31 Å². The Bertz CT molecular complexity index is 920. The molecule has 0 atom stereocenters. The summed E-state index contributed by atoms with van der Waals surface area (Å²) in [7, 11) is -3.56. The lowest BCUT2D eigenvalue weighted by Crippen LogP contribution is -2.28. The first-order valence-corrected chi connectivity index (χ1v) is 10.9. The number of carbonyl (C=O) groups excluding carboxylic acids is 1. The summed E-state index contributed by atoms with van der Waals surface area (Å²) in [6.07, 6.45) is 2.65. The number of hydrogen-bond donors (Lipinski definition) is 0. The molecule has 0 aromatic heterocycles. The molecule has 0 unspecified atom stereocenters. The van der Waals surface area contributed by atoms with E-state index >= 15 is 0 Å². The lowest BCUT2D eigenvalue weighted by molar-refractivity contribution is 0.0450. The number of esters is 1. The van der Waals surface area contributed by atoms with Crippen LogP contribution in [0.25, 0.3) is 0 Å². The van der Waals surface area contributed by atoms with E-state index in [0.717, 1.165) is 25.0 Å². The Balaban J connectivity index is 1.56. The van der Waals surface area contributed by atoms with E-state index in [0.29, 0.717) is 13.1 Å². The van der Waals surface area contributed by atoms with Crippen molar-refractivity contribution in [2.75, 3.05) is 26.3 Å². The Labute approximate surface area is 166 Å². The van der Waals surface area contributed by atoms with Gasteiger partial charge in [0, 0.05) is 13.1 Å². The second-order valence-electron chi connectivity index (χ2n) is 6.62. The number of carbonyl (C=O) groups is 1. The zero-order valence-electron chi connectivity index (χ0n) is 16.0. The highest BCUT2D eigenvalue weighted by Gasteiger charge is 2.27. The highest BCUT2D eigenvalue weighted by Crippen LogP contribution is 2.22. The molecular formula is C21H25NO5S. The fourth-order valence-corrected chi connectivity index (χ4v) is 4.66. The minimum absolute atomic E-state index is 0.0816. The Hall–Kier alpha value is -2.38. The summed E-state index contributed by atoms with van der Waals surface area (Å²) in [6, 6.07) is 13.8. The first-order chi connectivity index (χ1) is 13.5. The molecule has 6 nitrogen and oxygen atoms in total. The summed E-state index contributed by atoms with van der Waals surface area (Å²) in [5, 5.41) is 0. The van der Waals surface area contributed by atoms with Crippen molar-refractivity contribution >= 4 is 16.0 Å². The molecule has 0 spiro atoms. The van der Waals surface area contributed by atoms with Crippen LogP contribution in [0.3, 0.4) is 0 Å². The number of rotatable bonds is 8. The molecule has 0 bridgehead atoms. The molecule has 150 valence electrons. The molecule has 7 heteroatoms. The van der Waals surface area contributed by atoms with Gasteiger partial charge in [-0.2, -0.15) is 4.31 Å². The number of aryl methyl sites for hydroxylation is 1. The number of nitrogens with zero attached hydrogens (tertiary/aromatic N) is 1. The van der Waals surface area contributed by atoms with E-state index in [4.69, 9.17) is 9.47 Å². The maximum Gasteiger partial charge on any atom is 0.338 e. The summed E-state index contributed by atoms with van der Waals surface area (Å²) in [5.74, 6) is 0.165. The van der Waals surface area contributed by atoms with Gasteiger partial charge in [0.15, 0.2) is 0 Å². The summed E-state index contributed by atoms with van der Waals surface area (Å²) in [5.41, 5.74) is 1.39. The average Bonchev–Trinajstić information content (AvgIpc) is 3.27. The molecule has 1 fully saturated rings. The van der Waals surface area contributed by atoms with Crippen molar-refractivity contribution in [2.45, 2.75) is 31.1 Å². The molecule has 0 amide bonds. The van der Waals surface area contributed by atoms with Crippen LogP contribution in [0, 0.1) is 0 Å². The van der Waals surface area contributed by atoms with Gasteiger partial charge in [-0.15, -0.1) is 0 Å². The van der Waals surface area contributed by atoms with Gasteiger partial charge in [-0.3, -0.25) is 0 Å². The monoisotopic (exact) mass is 403 g/mol. The topological polar surface area (TPSA) is 72.9 Å². The van der Waals surface area contributed by atoms with Gasteiger partial charge < -0.3 is 9.47 Å². The number of ether oxygens (including phenoxy) is 2. The van der Waals surface area contributed by atoms with Gasteiger partial charge in [0.1, 0.15) is 19.0 Å². The van der Waals surface area contributed by atoms with Gasteiger partial charge in [-0.05, 0) is 55.2 Å². The molecule has 28 heavy (non-hydrogen) atoms. The number of sulfonamides is 1. The predicted octanol–water partition coefficient (Wildman–Crippen LogP) is 3.27. The first kappa shape index (κ1) is 20.4. The highest BCUT2D eigenvalue weighted by atomic mass is 32.2. The van der Waals surface area contributed by atoms with Gasteiger partial charge in [0.25, 0.3) is 0 Å². The van der Waals surface area contributed by atoms with Crippen molar-refractivity contribution < 1.29 is 22.7 Å². The number of benzene rings is 2. The van der Waals surface area contributed by atoms with Crippen LogP contribution in [-0.2, 0) is 21.2 Å². The average molecular weight is 404 g/mol. The Morgan fingerprint density at radius 1 is 1.04 bits per heavy atom. The molecule has 1 aliphatic heterocycles. The van der Waals surface area contributed by atoms with Crippen molar-refractivity contribution in [3.63, 3.8) is 0 Å². The Morgan fingerprint density at radius 3 is 2.54 bits per heavy atom. The molecule has 3 rings (SSSR count). The molecule has 1 heterocycles. The molecule has 0 saturated carbocycles. The van der Waals surface area contributed by atoms with E-state index in [1.165, 1.54) is 22.0 Å². The molecular weight excluding hydrogens is 378 g/mol. The maximum absolute atomic E-state index is 12.6. The van der Waals surface area contributed by atoms with Crippen LogP contribution in [0.2, 0.25) is 0 Å². The van der Waals surface area contributed by atoms with Gasteiger partial charge >= 0.3 is 5.97 Å². The predicted molar refractivity (Wildman–Crippen MR) is 106 cm³/mol. The largest absolute Gasteiger partial charge is 0.490 e. The first-order valence-electron chi connectivity index (χ1n) is 9.50. The van der Waals surface area contributed by atoms with Crippen LogP contribution in [-0.4, -0.2) is 45.0 Å². The third-order valence-corrected chi connectivity index (χ3v) is 6.56. The van der Waals surface area contributed by atoms with Crippen molar-refractivity contribution in [3.8, 4) is 5.75 Å². The van der Waals surface area contributed by atoms with Gasteiger partial charge in [-0.25, -0.2) is 13.2 Å². The maximum atomic E-state index is 12.6. The fraction of sp³-hybridized carbons (Fsp3) is 0.381. The number of hydrogen-bond acceptors (Lipinski definition) is 5.